The predicted molar refractivity (Wildman–Crippen MR) is 113 cm³/mol. The molecule has 3 aromatic rings. The van der Waals surface area contributed by atoms with Crippen molar-refractivity contribution in [3.05, 3.63) is 63.8 Å². The van der Waals surface area contributed by atoms with Crippen LogP contribution in [0.2, 0.25) is 0 Å². The predicted octanol–water partition coefficient (Wildman–Crippen LogP) is 3.23. The van der Waals surface area contributed by atoms with Crippen molar-refractivity contribution in [2.24, 2.45) is 0 Å². The molecule has 0 aliphatic rings. The Labute approximate surface area is 181 Å². The first-order valence-electron chi connectivity index (χ1n) is 9.06. The molecule has 11 heteroatoms. The van der Waals surface area contributed by atoms with Gasteiger partial charge in [0.1, 0.15) is 10.8 Å². The molecule has 1 unspecified atom stereocenters. The first-order chi connectivity index (χ1) is 14.9. The molecule has 0 saturated heterocycles. The average molecular weight is 442 g/mol. The van der Waals surface area contributed by atoms with Crippen molar-refractivity contribution in [2.45, 2.75) is 19.4 Å². The quantitative estimate of drug-likeness (QED) is 0.319. The highest BCUT2D eigenvalue weighted by Gasteiger charge is 2.21. The average Bonchev–Trinajstić information content (AvgIpc) is 3.22. The fourth-order valence-corrected chi connectivity index (χ4v) is 3.37. The van der Waals surface area contributed by atoms with Gasteiger partial charge in [-0.3, -0.25) is 24.7 Å². The Balaban J connectivity index is 1.60. The number of aromatic nitrogens is 2. The van der Waals surface area contributed by atoms with Gasteiger partial charge in [-0.2, -0.15) is 0 Å². The van der Waals surface area contributed by atoms with Crippen LogP contribution in [0.25, 0.3) is 10.7 Å². The molecule has 0 aliphatic heterocycles. The van der Waals surface area contributed by atoms with Gasteiger partial charge < -0.3 is 14.8 Å². The standard InChI is InChI=1S/C20H18N4O6S/c1-12(19(26)23-16-10-14(24(27)28)6-7-17(16)29-2)30-18(25)9-13-11-31-20(22-13)15-5-3-4-8-21-15/h3-8,10-12H,9H2,1-2H3,(H,23,26). The van der Waals surface area contributed by atoms with Crippen LogP contribution >= 0.6 is 11.3 Å². The highest BCUT2D eigenvalue weighted by atomic mass is 32.1. The van der Waals surface area contributed by atoms with Gasteiger partial charge in [0.15, 0.2) is 6.10 Å². The summed E-state index contributed by atoms with van der Waals surface area (Å²) in [6, 6.07) is 9.24. The summed E-state index contributed by atoms with van der Waals surface area (Å²) in [5.41, 5.74) is 1.09. The highest BCUT2D eigenvalue weighted by Crippen LogP contribution is 2.29. The van der Waals surface area contributed by atoms with E-state index < -0.39 is 22.9 Å². The molecule has 10 nitrogen and oxygen atoms in total. The van der Waals surface area contributed by atoms with Crippen LogP contribution < -0.4 is 10.1 Å². The lowest BCUT2D eigenvalue weighted by Gasteiger charge is -2.15. The van der Waals surface area contributed by atoms with Gasteiger partial charge in [-0.25, -0.2) is 4.98 Å². The van der Waals surface area contributed by atoms with Gasteiger partial charge in [-0.1, -0.05) is 6.07 Å². The van der Waals surface area contributed by atoms with Crippen LogP contribution in [-0.2, 0) is 20.7 Å². The number of hydrogen-bond acceptors (Lipinski definition) is 9. The zero-order valence-electron chi connectivity index (χ0n) is 16.6. The van der Waals surface area contributed by atoms with E-state index in [1.165, 1.54) is 43.6 Å². The molecule has 1 aromatic carbocycles. The minimum Gasteiger partial charge on any atom is -0.495 e. The monoisotopic (exact) mass is 442 g/mol. The normalized spacial score (nSPS) is 11.4. The zero-order valence-corrected chi connectivity index (χ0v) is 17.4. The number of pyridine rings is 1. The molecule has 31 heavy (non-hydrogen) atoms. The summed E-state index contributed by atoms with van der Waals surface area (Å²) in [6.45, 7) is 1.40. The lowest BCUT2D eigenvalue weighted by molar-refractivity contribution is -0.384. The molecule has 3 rings (SSSR count). The summed E-state index contributed by atoms with van der Waals surface area (Å²) in [4.78, 5) is 43.6. The van der Waals surface area contributed by atoms with E-state index in [9.17, 15) is 19.7 Å². The number of ether oxygens (including phenoxy) is 2. The molecular formula is C20H18N4O6S. The van der Waals surface area contributed by atoms with Gasteiger partial charge in [0.05, 0.1) is 35.5 Å². The minimum absolute atomic E-state index is 0.101. The molecule has 0 bridgehead atoms. The third-order valence-corrected chi connectivity index (χ3v) is 5.00. The largest absolute Gasteiger partial charge is 0.495 e. The van der Waals surface area contributed by atoms with E-state index >= 15 is 0 Å². The maximum atomic E-state index is 12.4. The lowest BCUT2D eigenvalue weighted by Crippen LogP contribution is -2.30. The number of carbonyl (C=O) groups is 2. The lowest BCUT2D eigenvalue weighted by atomic mass is 10.2. The van der Waals surface area contributed by atoms with Gasteiger partial charge >= 0.3 is 5.97 Å². The molecule has 0 fully saturated rings. The first kappa shape index (κ1) is 21.8. The van der Waals surface area contributed by atoms with Crippen LogP contribution in [0, 0.1) is 10.1 Å². The Morgan fingerprint density at radius 2 is 2.10 bits per heavy atom. The number of nitro benzene ring substituents is 1. The number of thiazole rings is 1. The zero-order chi connectivity index (χ0) is 22.4. The van der Waals surface area contributed by atoms with Crippen molar-refractivity contribution in [2.75, 3.05) is 12.4 Å². The second-order valence-corrected chi connectivity index (χ2v) is 7.16. The number of carbonyl (C=O) groups excluding carboxylic acids is 2. The van der Waals surface area contributed by atoms with Gasteiger partial charge in [0.25, 0.3) is 11.6 Å². The minimum atomic E-state index is -1.13. The fourth-order valence-electron chi connectivity index (χ4n) is 2.58. The van der Waals surface area contributed by atoms with Crippen LogP contribution in [0.15, 0.2) is 48.0 Å². The molecule has 0 aliphatic carbocycles. The summed E-state index contributed by atoms with van der Waals surface area (Å²) in [6.07, 6.45) is 0.410. The van der Waals surface area contributed by atoms with E-state index in [2.05, 4.69) is 15.3 Å². The first-order valence-corrected chi connectivity index (χ1v) is 9.94. The summed E-state index contributed by atoms with van der Waals surface area (Å²) in [7, 11) is 1.37. The van der Waals surface area contributed by atoms with E-state index in [-0.39, 0.29) is 23.5 Å². The summed E-state index contributed by atoms with van der Waals surface area (Å²) >= 11 is 1.35. The number of hydrogen-bond donors (Lipinski definition) is 1. The molecular weight excluding hydrogens is 424 g/mol. The maximum absolute atomic E-state index is 12.4. The number of nitro groups is 1. The van der Waals surface area contributed by atoms with Gasteiger partial charge in [-0.05, 0) is 25.1 Å². The van der Waals surface area contributed by atoms with Crippen LogP contribution in [-0.4, -0.2) is 40.0 Å². The van der Waals surface area contributed by atoms with Crippen LogP contribution in [0.5, 0.6) is 5.75 Å². The SMILES string of the molecule is COc1ccc([N+](=O)[O-])cc1NC(=O)C(C)OC(=O)Cc1csc(-c2ccccn2)n1. The Morgan fingerprint density at radius 1 is 1.29 bits per heavy atom. The van der Waals surface area contributed by atoms with Crippen molar-refractivity contribution in [3.63, 3.8) is 0 Å². The van der Waals surface area contributed by atoms with Crippen molar-refractivity contribution in [1.82, 2.24) is 9.97 Å². The van der Waals surface area contributed by atoms with Crippen molar-refractivity contribution < 1.29 is 24.0 Å². The Morgan fingerprint density at radius 3 is 2.77 bits per heavy atom. The van der Waals surface area contributed by atoms with E-state index in [4.69, 9.17) is 9.47 Å². The summed E-state index contributed by atoms with van der Waals surface area (Å²) in [5, 5.41) is 15.8. The topological polar surface area (TPSA) is 134 Å². The number of esters is 1. The molecule has 1 amide bonds. The third-order valence-electron chi connectivity index (χ3n) is 4.09. The molecule has 0 spiro atoms. The third kappa shape index (κ3) is 5.60. The molecule has 0 saturated carbocycles. The number of nitrogens with one attached hydrogen (secondary N) is 1. The molecule has 0 radical (unpaired) electrons. The van der Waals surface area contributed by atoms with Crippen LogP contribution in [0.4, 0.5) is 11.4 Å². The molecule has 2 heterocycles. The van der Waals surface area contributed by atoms with E-state index in [0.717, 1.165) is 0 Å². The van der Waals surface area contributed by atoms with Crippen LogP contribution in [0.3, 0.4) is 0 Å². The van der Waals surface area contributed by atoms with Crippen LogP contribution in [0.1, 0.15) is 12.6 Å². The Kier molecular flexibility index (Phi) is 6.88. The van der Waals surface area contributed by atoms with Gasteiger partial charge in [0.2, 0.25) is 0 Å². The smallest absolute Gasteiger partial charge is 0.312 e. The summed E-state index contributed by atoms with van der Waals surface area (Å²) in [5.74, 6) is -1.05. The maximum Gasteiger partial charge on any atom is 0.312 e. The van der Waals surface area contributed by atoms with E-state index in [1.807, 2.05) is 12.1 Å². The second-order valence-electron chi connectivity index (χ2n) is 6.30. The molecule has 1 N–H and O–H groups in total. The second kappa shape index (κ2) is 9.76. The van der Waals surface area contributed by atoms with Crippen molar-refractivity contribution >= 4 is 34.6 Å². The number of amides is 1. The van der Waals surface area contributed by atoms with E-state index in [1.54, 1.807) is 17.6 Å². The summed E-state index contributed by atoms with van der Waals surface area (Å²) < 4.78 is 10.3. The number of benzene rings is 1. The van der Waals surface area contributed by atoms with Gasteiger partial charge in [-0.15, -0.1) is 11.3 Å². The number of methoxy groups -OCH3 is 1. The molecule has 2 aromatic heterocycles. The molecule has 1 atom stereocenters. The number of non-ortho nitro benzene ring substituents is 1. The Bertz CT molecular complexity index is 1100. The van der Waals surface area contributed by atoms with Crippen molar-refractivity contribution in [1.29, 1.82) is 0 Å². The van der Waals surface area contributed by atoms with E-state index in [0.29, 0.717) is 16.4 Å². The van der Waals surface area contributed by atoms with Crippen molar-refractivity contribution in [3.8, 4) is 16.5 Å². The number of anilines is 1. The molecule has 160 valence electrons. The van der Waals surface area contributed by atoms with Gasteiger partial charge in [0, 0.05) is 23.7 Å². The Hall–Kier alpha value is -3.86. The number of rotatable bonds is 8. The fraction of sp³-hybridized carbons (Fsp3) is 0.200. The number of nitrogens with zero attached hydrogens (tertiary/aromatic N) is 3. The highest BCUT2D eigenvalue weighted by molar-refractivity contribution is 7.13.